The van der Waals surface area contributed by atoms with E-state index < -0.39 is 0 Å². The van der Waals surface area contributed by atoms with E-state index in [1.807, 2.05) is 27.8 Å². The molecule has 5 rings (SSSR count). The fourth-order valence-corrected chi connectivity index (χ4v) is 6.14. The lowest BCUT2D eigenvalue weighted by atomic mass is 10.00. The predicted octanol–water partition coefficient (Wildman–Crippen LogP) is 4.35. The van der Waals surface area contributed by atoms with Crippen LogP contribution in [0.25, 0.3) is 10.6 Å². The SMILES string of the molecule is O=C(C1CCCCN1C(=O)c1cccs1)N1CCN(Cc2csc(-c3ccc(F)cc3)n2)CC1. The molecular weight excluding hydrogens is 471 g/mol. The number of thiophene rings is 1. The minimum atomic E-state index is -0.355. The zero-order chi connectivity index (χ0) is 23.5. The van der Waals surface area contributed by atoms with Crippen LogP contribution in [0.2, 0.25) is 0 Å². The van der Waals surface area contributed by atoms with Gasteiger partial charge in [-0.25, -0.2) is 9.37 Å². The Balaban J connectivity index is 1.17. The number of piperazine rings is 1. The van der Waals surface area contributed by atoms with Gasteiger partial charge in [-0.1, -0.05) is 6.07 Å². The third-order valence-electron chi connectivity index (χ3n) is 6.49. The van der Waals surface area contributed by atoms with E-state index in [-0.39, 0.29) is 23.7 Å². The van der Waals surface area contributed by atoms with Gasteiger partial charge in [0.25, 0.3) is 5.91 Å². The Kier molecular flexibility index (Phi) is 7.03. The monoisotopic (exact) mass is 498 g/mol. The number of rotatable bonds is 5. The number of halogens is 1. The number of hydrogen-bond acceptors (Lipinski definition) is 6. The second-order valence-electron chi connectivity index (χ2n) is 8.74. The van der Waals surface area contributed by atoms with Crippen molar-refractivity contribution < 1.29 is 14.0 Å². The molecule has 2 aromatic heterocycles. The highest BCUT2D eigenvalue weighted by atomic mass is 32.1. The molecule has 2 aliphatic heterocycles. The topological polar surface area (TPSA) is 56.8 Å². The summed E-state index contributed by atoms with van der Waals surface area (Å²) in [5, 5.41) is 4.83. The van der Waals surface area contributed by atoms with Gasteiger partial charge in [-0.3, -0.25) is 14.5 Å². The Labute approximate surface area is 206 Å². The third kappa shape index (κ3) is 5.06. The number of nitrogens with zero attached hydrogens (tertiary/aromatic N) is 4. The predicted molar refractivity (Wildman–Crippen MR) is 132 cm³/mol. The Hall–Kier alpha value is -2.62. The number of likely N-dealkylation sites (tertiary alicyclic amines) is 1. The minimum absolute atomic E-state index is 0.0211. The van der Waals surface area contributed by atoms with E-state index >= 15 is 0 Å². The van der Waals surface area contributed by atoms with Crippen LogP contribution in [0.5, 0.6) is 0 Å². The summed E-state index contributed by atoms with van der Waals surface area (Å²) < 4.78 is 13.2. The van der Waals surface area contributed by atoms with Gasteiger partial charge < -0.3 is 9.80 Å². The van der Waals surface area contributed by atoms with Crippen LogP contribution in [-0.4, -0.2) is 70.3 Å². The highest BCUT2D eigenvalue weighted by Gasteiger charge is 2.36. The molecule has 0 spiro atoms. The van der Waals surface area contributed by atoms with E-state index in [1.54, 1.807) is 28.4 Å². The molecule has 0 aliphatic carbocycles. The summed E-state index contributed by atoms with van der Waals surface area (Å²) in [5.41, 5.74) is 1.91. The number of thiazole rings is 1. The van der Waals surface area contributed by atoms with Crippen LogP contribution in [0.4, 0.5) is 4.39 Å². The smallest absolute Gasteiger partial charge is 0.264 e. The van der Waals surface area contributed by atoms with Gasteiger partial charge >= 0.3 is 0 Å². The van der Waals surface area contributed by atoms with Gasteiger partial charge in [-0.2, -0.15) is 0 Å². The molecule has 2 amide bonds. The van der Waals surface area contributed by atoms with E-state index in [0.717, 1.165) is 55.2 Å². The minimum Gasteiger partial charge on any atom is -0.338 e. The highest BCUT2D eigenvalue weighted by molar-refractivity contribution is 7.13. The summed E-state index contributed by atoms with van der Waals surface area (Å²) in [5.74, 6) is -0.191. The van der Waals surface area contributed by atoms with Gasteiger partial charge in [0.05, 0.1) is 10.6 Å². The summed E-state index contributed by atoms with van der Waals surface area (Å²) in [6, 6.07) is 9.76. The Bertz CT molecular complexity index is 1120. The molecule has 1 atom stereocenters. The Morgan fingerprint density at radius 3 is 2.53 bits per heavy atom. The number of benzene rings is 1. The summed E-state index contributed by atoms with van der Waals surface area (Å²) in [7, 11) is 0. The number of aromatic nitrogens is 1. The van der Waals surface area contributed by atoms with E-state index in [0.29, 0.717) is 24.5 Å². The largest absolute Gasteiger partial charge is 0.338 e. The van der Waals surface area contributed by atoms with Crippen molar-refractivity contribution in [2.45, 2.75) is 31.8 Å². The molecule has 2 fully saturated rings. The van der Waals surface area contributed by atoms with Crippen LogP contribution in [0.3, 0.4) is 0 Å². The fraction of sp³-hybridized carbons (Fsp3) is 0.400. The summed E-state index contributed by atoms with van der Waals surface area (Å²) >= 11 is 2.99. The van der Waals surface area contributed by atoms with E-state index in [1.165, 1.54) is 23.5 Å². The lowest BCUT2D eigenvalue weighted by Crippen LogP contribution is -2.57. The zero-order valence-corrected chi connectivity index (χ0v) is 20.5. The van der Waals surface area contributed by atoms with E-state index in [4.69, 9.17) is 4.98 Å². The molecule has 0 saturated carbocycles. The molecule has 0 N–H and O–H groups in total. The molecule has 3 aromatic rings. The lowest BCUT2D eigenvalue weighted by Gasteiger charge is -2.40. The van der Waals surface area contributed by atoms with Gasteiger partial charge in [0.2, 0.25) is 5.91 Å². The second kappa shape index (κ2) is 10.3. The standard InChI is InChI=1S/C25H27FN4O2S2/c26-19-8-6-18(7-9-19)23-27-20(17-34-23)16-28-11-13-29(14-12-28)24(31)21-4-1-2-10-30(21)25(32)22-5-3-15-33-22/h3,5-9,15,17,21H,1-2,4,10-14,16H2. The molecule has 4 heterocycles. The van der Waals surface area contributed by atoms with Gasteiger partial charge in [-0.15, -0.1) is 22.7 Å². The molecule has 1 aromatic carbocycles. The number of carbonyl (C=O) groups excluding carboxylic acids is 2. The quantitative estimate of drug-likeness (QED) is 0.525. The highest BCUT2D eigenvalue weighted by Crippen LogP contribution is 2.26. The van der Waals surface area contributed by atoms with Crippen LogP contribution in [0, 0.1) is 5.82 Å². The molecule has 2 saturated heterocycles. The molecule has 0 radical (unpaired) electrons. The number of carbonyl (C=O) groups is 2. The van der Waals surface area contributed by atoms with Crippen molar-refractivity contribution in [2.24, 2.45) is 0 Å². The lowest BCUT2D eigenvalue weighted by molar-refractivity contribution is -0.139. The molecule has 178 valence electrons. The molecular formula is C25H27FN4O2S2. The number of hydrogen-bond donors (Lipinski definition) is 0. The molecule has 2 aliphatic rings. The fourth-order valence-electron chi connectivity index (χ4n) is 4.64. The molecule has 34 heavy (non-hydrogen) atoms. The number of piperidine rings is 1. The first-order chi connectivity index (χ1) is 16.6. The first-order valence-electron chi connectivity index (χ1n) is 11.6. The van der Waals surface area contributed by atoms with E-state index in [9.17, 15) is 14.0 Å². The van der Waals surface area contributed by atoms with Gasteiger partial charge in [-0.05, 0) is 55.0 Å². The maximum absolute atomic E-state index is 13.4. The van der Waals surface area contributed by atoms with Crippen molar-refractivity contribution >= 4 is 34.5 Å². The maximum atomic E-state index is 13.4. The van der Waals surface area contributed by atoms with Crippen molar-refractivity contribution in [2.75, 3.05) is 32.7 Å². The van der Waals surface area contributed by atoms with Crippen LogP contribution in [-0.2, 0) is 11.3 Å². The van der Waals surface area contributed by atoms with Gasteiger partial charge in [0.15, 0.2) is 0 Å². The van der Waals surface area contributed by atoms with E-state index in [2.05, 4.69) is 4.90 Å². The summed E-state index contributed by atoms with van der Waals surface area (Å²) in [6.07, 6.45) is 2.66. The van der Waals surface area contributed by atoms with Crippen LogP contribution in [0.1, 0.15) is 34.6 Å². The molecule has 9 heteroatoms. The Morgan fingerprint density at radius 2 is 1.79 bits per heavy atom. The van der Waals surface area contributed by atoms with Crippen molar-refractivity contribution in [1.82, 2.24) is 19.7 Å². The maximum Gasteiger partial charge on any atom is 0.264 e. The van der Waals surface area contributed by atoms with Crippen molar-refractivity contribution in [3.05, 3.63) is 63.5 Å². The average Bonchev–Trinajstić information content (AvgIpc) is 3.57. The zero-order valence-electron chi connectivity index (χ0n) is 18.9. The molecule has 1 unspecified atom stereocenters. The first kappa shape index (κ1) is 23.1. The first-order valence-corrected chi connectivity index (χ1v) is 13.4. The van der Waals surface area contributed by atoms with Crippen molar-refractivity contribution in [3.63, 3.8) is 0 Å². The normalized spacial score (nSPS) is 19.4. The van der Waals surface area contributed by atoms with Crippen LogP contribution >= 0.6 is 22.7 Å². The van der Waals surface area contributed by atoms with Crippen molar-refractivity contribution in [1.29, 1.82) is 0 Å². The molecule has 0 bridgehead atoms. The number of amides is 2. The van der Waals surface area contributed by atoms with Crippen LogP contribution in [0.15, 0.2) is 47.2 Å². The van der Waals surface area contributed by atoms with Gasteiger partial charge in [0, 0.05) is 50.2 Å². The average molecular weight is 499 g/mol. The van der Waals surface area contributed by atoms with Crippen molar-refractivity contribution in [3.8, 4) is 10.6 Å². The van der Waals surface area contributed by atoms with Crippen LogP contribution < -0.4 is 0 Å². The Morgan fingerprint density at radius 1 is 1.00 bits per heavy atom. The second-order valence-corrected chi connectivity index (χ2v) is 10.5. The van der Waals surface area contributed by atoms with Gasteiger partial charge in [0.1, 0.15) is 16.9 Å². The molecule has 6 nitrogen and oxygen atoms in total. The third-order valence-corrected chi connectivity index (χ3v) is 8.29. The summed E-state index contributed by atoms with van der Waals surface area (Å²) in [4.78, 5) is 37.8. The summed E-state index contributed by atoms with van der Waals surface area (Å²) in [6.45, 7) is 4.25.